The molecule has 2 amide bonds. The van der Waals surface area contributed by atoms with Gasteiger partial charge < -0.3 is 20.5 Å². The molecule has 6 bridgehead atoms. The Hall–Kier alpha value is -3.39. The molecule has 4 aliphatic heterocycles. The van der Waals surface area contributed by atoms with E-state index in [1.54, 1.807) is 12.0 Å². The Bertz CT molecular complexity index is 1400. The lowest BCUT2D eigenvalue weighted by Gasteiger charge is -2.41. The van der Waals surface area contributed by atoms with Crippen molar-refractivity contribution in [1.82, 2.24) is 10.2 Å². The highest BCUT2D eigenvalue weighted by atomic mass is 16.5. The number of benzene rings is 2. The first kappa shape index (κ1) is 27.8. The minimum atomic E-state index is -0.483. The first-order valence-corrected chi connectivity index (χ1v) is 15.0. The number of nitrogens with one attached hydrogen (secondary N) is 1. The van der Waals surface area contributed by atoms with Gasteiger partial charge in [0.2, 0.25) is 5.91 Å². The molecule has 41 heavy (non-hydrogen) atoms. The summed E-state index contributed by atoms with van der Waals surface area (Å²) < 4.78 is 11.9. The Kier molecular flexibility index (Phi) is 7.09. The van der Waals surface area contributed by atoms with Gasteiger partial charge in [-0.2, -0.15) is 0 Å². The summed E-state index contributed by atoms with van der Waals surface area (Å²) in [6.07, 6.45) is 6.16. The van der Waals surface area contributed by atoms with E-state index in [4.69, 9.17) is 20.2 Å². The number of fused-ring (bicyclic) bond motifs is 5. The summed E-state index contributed by atoms with van der Waals surface area (Å²) in [6, 6.07) is 11.7. The zero-order valence-corrected chi connectivity index (χ0v) is 24.7. The van der Waals surface area contributed by atoms with Crippen molar-refractivity contribution in [3.63, 3.8) is 0 Å². The standard InChI is InChI=1S/C33H42N4O4/c1-5-33-13-7-6-8-20-9-12-27-25(14-20)26(17-32(2,3)41-27)35-30(39)22-11-10-21-15-23(19-40-4)29(24(21)16-22)37(28(38)18-33)31(34)36-33/h9-12,14,16,23,26,29H,5-8,13,15,17-19H2,1-4H3,(H2,34,36)(H,35,39)/t23-,26+,29-,33-/m1/s1. The Balaban J connectivity index is 1.45. The SMILES string of the molecule is CC[C@@]12CCCCc3ccc4c(c3)[C@H](CC(C)(C)O4)NC(=O)c3ccc4c(c3)[C@@H]([C@@H](COC)C4)N(C(=O)C1)C(N)=N2. The average Bonchev–Trinajstić information content (AvgIpc) is 3.27. The van der Waals surface area contributed by atoms with Crippen molar-refractivity contribution < 1.29 is 19.1 Å². The number of hydrogen-bond acceptors (Lipinski definition) is 6. The fourth-order valence-corrected chi connectivity index (χ4v) is 7.43. The molecule has 4 atom stereocenters. The highest BCUT2D eigenvalue weighted by molar-refractivity contribution is 6.00. The topological polar surface area (TPSA) is 106 Å². The number of rotatable bonds is 3. The predicted molar refractivity (Wildman–Crippen MR) is 158 cm³/mol. The molecule has 5 aliphatic rings. The molecule has 1 aliphatic carbocycles. The van der Waals surface area contributed by atoms with Crippen LogP contribution in [-0.4, -0.2) is 47.5 Å². The van der Waals surface area contributed by atoms with Crippen LogP contribution in [0, 0.1) is 5.92 Å². The van der Waals surface area contributed by atoms with Crippen molar-refractivity contribution in [3.05, 3.63) is 64.2 Å². The molecular weight excluding hydrogens is 516 g/mol. The van der Waals surface area contributed by atoms with Crippen LogP contribution in [0.3, 0.4) is 0 Å². The monoisotopic (exact) mass is 558 g/mol. The first-order chi connectivity index (χ1) is 19.6. The summed E-state index contributed by atoms with van der Waals surface area (Å²) in [4.78, 5) is 34.4. The van der Waals surface area contributed by atoms with Gasteiger partial charge in [-0.3, -0.25) is 14.5 Å². The molecule has 3 N–H and O–H groups in total. The van der Waals surface area contributed by atoms with Gasteiger partial charge in [-0.25, -0.2) is 4.99 Å². The van der Waals surface area contributed by atoms with Crippen LogP contribution in [-0.2, 0) is 22.4 Å². The number of hydrogen-bond donors (Lipinski definition) is 2. The van der Waals surface area contributed by atoms with E-state index in [2.05, 4.69) is 38.2 Å². The second kappa shape index (κ2) is 10.5. The number of aryl methyl sites for hydroxylation is 1. The van der Waals surface area contributed by atoms with Crippen molar-refractivity contribution in [1.29, 1.82) is 0 Å². The molecule has 0 saturated heterocycles. The molecule has 0 fully saturated rings. The highest BCUT2D eigenvalue weighted by Gasteiger charge is 2.46. The quantitative estimate of drug-likeness (QED) is 0.552. The molecule has 8 nitrogen and oxygen atoms in total. The van der Waals surface area contributed by atoms with Gasteiger partial charge in [0.05, 0.1) is 30.7 Å². The molecule has 0 spiro atoms. The Labute approximate surface area is 242 Å². The van der Waals surface area contributed by atoms with Crippen molar-refractivity contribution in [2.45, 2.75) is 95.4 Å². The van der Waals surface area contributed by atoms with Gasteiger partial charge in [-0.1, -0.05) is 31.5 Å². The maximum atomic E-state index is 13.9. The molecule has 7 rings (SSSR count). The molecule has 2 aromatic rings. The maximum Gasteiger partial charge on any atom is 0.251 e. The second-order valence-electron chi connectivity index (χ2n) is 12.9. The van der Waals surface area contributed by atoms with E-state index in [0.29, 0.717) is 25.0 Å². The number of aliphatic imine (C=N–C) groups is 1. The Morgan fingerprint density at radius 1 is 1.15 bits per heavy atom. The minimum absolute atomic E-state index is 0.000980. The first-order valence-electron chi connectivity index (χ1n) is 15.0. The van der Waals surface area contributed by atoms with Gasteiger partial charge in [0, 0.05) is 30.6 Å². The zero-order chi connectivity index (χ0) is 28.9. The number of nitrogens with zero attached hydrogens (tertiary/aromatic N) is 2. The third kappa shape index (κ3) is 5.11. The number of ether oxygens (including phenoxy) is 2. The van der Waals surface area contributed by atoms with Crippen LogP contribution < -0.4 is 15.8 Å². The minimum Gasteiger partial charge on any atom is -0.487 e. The second-order valence-corrected chi connectivity index (χ2v) is 12.9. The lowest BCUT2D eigenvalue weighted by Crippen LogP contribution is -2.53. The molecule has 0 unspecified atom stereocenters. The number of nitrogens with two attached hydrogens (primary N) is 1. The lowest BCUT2D eigenvalue weighted by molar-refractivity contribution is -0.132. The summed E-state index contributed by atoms with van der Waals surface area (Å²) in [7, 11) is 1.68. The fourth-order valence-electron chi connectivity index (χ4n) is 7.43. The number of carbonyl (C=O) groups excluding carboxylic acids is 2. The van der Waals surface area contributed by atoms with E-state index in [-0.39, 0.29) is 35.8 Å². The van der Waals surface area contributed by atoms with E-state index in [0.717, 1.165) is 61.0 Å². The van der Waals surface area contributed by atoms with Crippen molar-refractivity contribution in [2.24, 2.45) is 16.6 Å². The maximum absolute atomic E-state index is 13.9. The van der Waals surface area contributed by atoms with Crippen LogP contribution in [0.25, 0.3) is 0 Å². The largest absolute Gasteiger partial charge is 0.487 e. The summed E-state index contributed by atoms with van der Waals surface area (Å²) in [5.41, 5.74) is 10.6. The normalized spacial score (nSPS) is 28.8. The summed E-state index contributed by atoms with van der Waals surface area (Å²) in [5, 5.41) is 3.32. The van der Waals surface area contributed by atoms with Crippen molar-refractivity contribution >= 4 is 17.8 Å². The van der Waals surface area contributed by atoms with E-state index in [1.165, 1.54) is 5.56 Å². The van der Waals surface area contributed by atoms with Crippen LogP contribution in [0.5, 0.6) is 5.75 Å². The van der Waals surface area contributed by atoms with Crippen LogP contribution in [0.2, 0.25) is 0 Å². The zero-order valence-electron chi connectivity index (χ0n) is 24.7. The van der Waals surface area contributed by atoms with Crippen LogP contribution >= 0.6 is 0 Å². The van der Waals surface area contributed by atoms with E-state index >= 15 is 0 Å². The van der Waals surface area contributed by atoms with E-state index < -0.39 is 11.1 Å². The smallest absolute Gasteiger partial charge is 0.251 e. The van der Waals surface area contributed by atoms with Gasteiger partial charge in [0.15, 0.2) is 5.96 Å². The third-order valence-electron chi connectivity index (χ3n) is 9.51. The Morgan fingerprint density at radius 3 is 2.73 bits per heavy atom. The van der Waals surface area contributed by atoms with Gasteiger partial charge in [-0.15, -0.1) is 0 Å². The molecule has 2 aromatic carbocycles. The number of guanidine groups is 1. The van der Waals surface area contributed by atoms with Gasteiger partial charge in [-0.05, 0) is 80.8 Å². The van der Waals surface area contributed by atoms with Crippen LogP contribution in [0.1, 0.15) is 104 Å². The molecule has 218 valence electrons. The molecule has 4 heterocycles. The fraction of sp³-hybridized carbons (Fsp3) is 0.545. The number of carbonyl (C=O) groups is 2. The van der Waals surface area contributed by atoms with Gasteiger partial charge >= 0.3 is 0 Å². The van der Waals surface area contributed by atoms with Crippen LogP contribution in [0.15, 0.2) is 41.4 Å². The van der Waals surface area contributed by atoms with E-state index in [9.17, 15) is 9.59 Å². The molecule has 8 heteroatoms. The predicted octanol–water partition coefficient (Wildman–Crippen LogP) is 5.00. The molecular formula is C33H42N4O4. The molecule has 0 saturated carbocycles. The average molecular weight is 559 g/mol. The summed E-state index contributed by atoms with van der Waals surface area (Å²) >= 11 is 0. The summed E-state index contributed by atoms with van der Waals surface area (Å²) in [6.45, 7) is 6.70. The van der Waals surface area contributed by atoms with Crippen LogP contribution in [0.4, 0.5) is 0 Å². The molecule has 0 radical (unpaired) electrons. The Morgan fingerprint density at radius 2 is 1.98 bits per heavy atom. The van der Waals surface area contributed by atoms with Crippen molar-refractivity contribution in [3.8, 4) is 5.75 Å². The molecule has 0 aromatic heterocycles. The summed E-state index contributed by atoms with van der Waals surface area (Å²) in [5.74, 6) is 0.993. The highest BCUT2D eigenvalue weighted by Crippen LogP contribution is 2.45. The van der Waals surface area contributed by atoms with Gasteiger partial charge in [0.25, 0.3) is 5.91 Å². The van der Waals surface area contributed by atoms with Crippen molar-refractivity contribution in [2.75, 3.05) is 13.7 Å². The number of methoxy groups -OCH3 is 1. The van der Waals surface area contributed by atoms with E-state index in [1.807, 2.05) is 24.3 Å². The van der Waals surface area contributed by atoms with Gasteiger partial charge in [0.1, 0.15) is 11.4 Å². The number of amides is 2. The third-order valence-corrected chi connectivity index (χ3v) is 9.51. The lowest BCUT2D eigenvalue weighted by atomic mass is 9.83.